The fourth-order valence-corrected chi connectivity index (χ4v) is 1.66. The Balaban J connectivity index is 1.86. The first kappa shape index (κ1) is 13.1. The van der Waals surface area contributed by atoms with E-state index in [4.69, 9.17) is 4.74 Å². The van der Waals surface area contributed by atoms with Gasteiger partial charge in [-0.1, -0.05) is 5.57 Å². The maximum atomic E-state index is 12.0. The molecule has 0 aromatic heterocycles. The van der Waals surface area contributed by atoms with Crippen LogP contribution in [-0.2, 0) is 4.74 Å². The summed E-state index contributed by atoms with van der Waals surface area (Å²) in [5.41, 5.74) is 2.51. The van der Waals surface area contributed by atoms with Crippen molar-refractivity contribution >= 4 is 0 Å². The lowest BCUT2D eigenvalue weighted by Gasteiger charge is -2.25. The van der Waals surface area contributed by atoms with E-state index in [1.807, 2.05) is 18.0 Å². The molecule has 5 heteroatoms. The highest BCUT2D eigenvalue weighted by Crippen LogP contribution is 2.30. The van der Waals surface area contributed by atoms with Crippen molar-refractivity contribution in [2.45, 2.75) is 25.4 Å². The number of allylic oxidation sites excluding steroid dienone is 4. The highest BCUT2D eigenvalue weighted by molar-refractivity contribution is 5.34. The number of alkyl halides is 3. The van der Waals surface area contributed by atoms with Crippen LogP contribution in [0.5, 0.6) is 0 Å². The highest BCUT2D eigenvalue weighted by atomic mass is 19.4. The normalized spacial score (nSPS) is 19.3. The number of nitrogens with zero attached hydrogens (tertiary/aromatic N) is 1. The lowest BCUT2D eigenvalue weighted by atomic mass is 10.2. The second kappa shape index (κ2) is 5.08. The van der Waals surface area contributed by atoms with Crippen molar-refractivity contribution in [3.05, 3.63) is 35.3 Å². The van der Waals surface area contributed by atoms with Gasteiger partial charge in [-0.3, -0.25) is 0 Å². The van der Waals surface area contributed by atoms with Gasteiger partial charge in [-0.15, -0.1) is 0 Å². The van der Waals surface area contributed by atoms with E-state index >= 15 is 0 Å². The van der Waals surface area contributed by atoms with Crippen LogP contribution in [0.4, 0.5) is 13.2 Å². The number of halogens is 3. The van der Waals surface area contributed by atoms with E-state index in [1.54, 1.807) is 6.08 Å². The standard InChI is InChI=1S/C13H16F3NO/c1-17-9-12(18-7-6-13(14,15)16)5-4-11(17)8-10-2-3-10/h4-5,8H,2-3,6-7,9H2,1H3. The summed E-state index contributed by atoms with van der Waals surface area (Å²) >= 11 is 0. The molecule has 1 saturated carbocycles. The number of hydrogen-bond donors (Lipinski definition) is 0. The third-order valence-corrected chi connectivity index (χ3v) is 2.84. The van der Waals surface area contributed by atoms with Crippen molar-refractivity contribution < 1.29 is 17.9 Å². The van der Waals surface area contributed by atoms with Crippen molar-refractivity contribution in [1.29, 1.82) is 0 Å². The Morgan fingerprint density at radius 3 is 2.61 bits per heavy atom. The van der Waals surface area contributed by atoms with Gasteiger partial charge in [0.05, 0.1) is 19.6 Å². The molecular weight excluding hydrogens is 243 g/mol. The van der Waals surface area contributed by atoms with Gasteiger partial charge in [0.1, 0.15) is 5.76 Å². The summed E-state index contributed by atoms with van der Waals surface area (Å²) in [6.45, 7) is 0.209. The van der Waals surface area contributed by atoms with Crippen LogP contribution in [0.15, 0.2) is 35.3 Å². The second-order valence-electron chi connectivity index (χ2n) is 4.60. The van der Waals surface area contributed by atoms with Crippen molar-refractivity contribution in [3.63, 3.8) is 0 Å². The summed E-state index contributed by atoms with van der Waals surface area (Å²) in [5.74, 6) is 0.583. The number of likely N-dealkylation sites (N-methyl/N-ethyl adjacent to an activating group) is 1. The van der Waals surface area contributed by atoms with Gasteiger partial charge in [0.2, 0.25) is 0 Å². The van der Waals surface area contributed by atoms with Crippen LogP contribution in [0.25, 0.3) is 0 Å². The van der Waals surface area contributed by atoms with E-state index in [9.17, 15) is 13.2 Å². The summed E-state index contributed by atoms with van der Waals surface area (Å²) in [5, 5.41) is 0. The topological polar surface area (TPSA) is 12.5 Å². The summed E-state index contributed by atoms with van der Waals surface area (Å²) in [6.07, 6.45) is 3.02. The average molecular weight is 259 g/mol. The maximum absolute atomic E-state index is 12.0. The lowest BCUT2D eigenvalue weighted by molar-refractivity contribution is -0.142. The molecule has 0 spiro atoms. The van der Waals surface area contributed by atoms with E-state index in [0.717, 1.165) is 18.5 Å². The van der Waals surface area contributed by atoms with Gasteiger partial charge in [0.15, 0.2) is 0 Å². The van der Waals surface area contributed by atoms with Crippen LogP contribution < -0.4 is 0 Å². The van der Waals surface area contributed by atoms with Gasteiger partial charge in [0.25, 0.3) is 0 Å². The summed E-state index contributed by atoms with van der Waals surface area (Å²) in [6, 6.07) is 0. The molecule has 0 radical (unpaired) electrons. The van der Waals surface area contributed by atoms with Crippen molar-refractivity contribution in [2.24, 2.45) is 0 Å². The first-order valence-corrected chi connectivity index (χ1v) is 5.95. The number of hydrogen-bond acceptors (Lipinski definition) is 2. The molecule has 2 nitrogen and oxygen atoms in total. The third-order valence-electron chi connectivity index (χ3n) is 2.84. The molecule has 1 aliphatic heterocycles. The third kappa shape index (κ3) is 4.13. The van der Waals surface area contributed by atoms with Crippen molar-refractivity contribution in [1.82, 2.24) is 4.90 Å². The van der Waals surface area contributed by atoms with Crippen molar-refractivity contribution in [2.75, 3.05) is 20.2 Å². The average Bonchev–Trinajstić information content (AvgIpc) is 3.04. The second-order valence-corrected chi connectivity index (χ2v) is 4.60. The summed E-state index contributed by atoms with van der Waals surface area (Å²) < 4.78 is 41.0. The zero-order valence-corrected chi connectivity index (χ0v) is 10.3. The molecule has 1 aliphatic carbocycles. The molecule has 2 rings (SSSR count). The van der Waals surface area contributed by atoms with Gasteiger partial charge in [-0.2, -0.15) is 13.2 Å². The van der Waals surface area contributed by atoms with Gasteiger partial charge >= 0.3 is 6.18 Å². The Bertz CT molecular complexity index is 401. The van der Waals surface area contributed by atoms with E-state index in [0.29, 0.717) is 12.3 Å². The Morgan fingerprint density at radius 1 is 1.33 bits per heavy atom. The van der Waals surface area contributed by atoms with Crippen LogP contribution in [0.3, 0.4) is 0 Å². The monoisotopic (exact) mass is 259 g/mol. The molecule has 100 valence electrons. The van der Waals surface area contributed by atoms with Crippen molar-refractivity contribution in [3.8, 4) is 0 Å². The predicted octanol–water partition coefficient (Wildman–Crippen LogP) is 3.39. The zero-order valence-electron chi connectivity index (χ0n) is 10.3. The molecule has 0 unspecified atom stereocenters. The minimum absolute atomic E-state index is 0.312. The molecule has 18 heavy (non-hydrogen) atoms. The highest BCUT2D eigenvalue weighted by Gasteiger charge is 2.27. The summed E-state index contributed by atoms with van der Waals surface area (Å²) in [4.78, 5) is 1.98. The van der Waals surface area contributed by atoms with Crippen LogP contribution >= 0.6 is 0 Å². The molecule has 1 heterocycles. The smallest absolute Gasteiger partial charge is 0.392 e. The quantitative estimate of drug-likeness (QED) is 0.767. The van der Waals surface area contributed by atoms with E-state index in [1.165, 1.54) is 5.57 Å². The minimum Gasteiger partial charge on any atom is -0.496 e. The Hall–Kier alpha value is -1.39. The van der Waals surface area contributed by atoms with Gasteiger partial charge in [-0.05, 0) is 31.1 Å². The van der Waals surface area contributed by atoms with E-state index in [-0.39, 0.29) is 6.61 Å². The SMILES string of the molecule is CN1CC(OCCC(F)(F)F)=CC=C1C=C1CC1. The zero-order chi connectivity index (χ0) is 13.2. The first-order valence-electron chi connectivity index (χ1n) is 5.95. The molecule has 2 aliphatic rings. The first-order chi connectivity index (χ1) is 8.44. The molecule has 1 fully saturated rings. The molecule has 0 saturated heterocycles. The minimum atomic E-state index is -4.15. The fraction of sp³-hybridized carbons (Fsp3) is 0.538. The molecular formula is C13H16F3NO. The predicted molar refractivity (Wildman–Crippen MR) is 62.7 cm³/mol. The lowest BCUT2D eigenvalue weighted by Crippen LogP contribution is -2.24. The Labute approximate surface area is 104 Å². The van der Waals surface area contributed by atoms with E-state index in [2.05, 4.69) is 6.08 Å². The van der Waals surface area contributed by atoms with Crippen LogP contribution in [0.2, 0.25) is 0 Å². The largest absolute Gasteiger partial charge is 0.496 e. The van der Waals surface area contributed by atoms with E-state index < -0.39 is 12.6 Å². The van der Waals surface area contributed by atoms with Gasteiger partial charge in [-0.25, -0.2) is 0 Å². The molecule has 0 aromatic rings. The molecule has 0 aromatic carbocycles. The number of ether oxygens (including phenoxy) is 1. The van der Waals surface area contributed by atoms with Crippen LogP contribution in [-0.4, -0.2) is 31.3 Å². The molecule has 0 N–H and O–H groups in total. The molecule has 0 amide bonds. The van der Waals surface area contributed by atoms with Gasteiger partial charge in [0, 0.05) is 12.7 Å². The Morgan fingerprint density at radius 2 is 2.06 bits per heavy atom. The Kier molecular flexibility index (Phi) is 3.68. The maximum Gasteiger partial charge on any atom is 0.392 e. The van der Waals surface area contributed by atoms with Crippen LogP contribution in [0, 0.1) is 0 Å². The fourth-order valence-electron chi connectivity index (χ4n) is 1.66. The van der Waals surface area contributed by atoms with Crippen LogP contribution in [0.1, 0.15) is 19.3 Å². The van der Waals surface area contributed by atoms with Gasteiger partial charge < -0.3 is 9.64 Å². The molecule has 0 atom stereocenters. The molecule has 0 bridgehead atoms. The number of rotatable bonds is 4. The summed E-state index contributed by atoms with van der Waals surface area (Å²) in [7, 11) is 1.91.